The molecule has 2 aliphatic carbocycles. The summed E-state index contributed by atoms with van der Waals surface area (Å²) in [6, 6.07) is 0. The molecule has 0 aromatic heterocycles. The third kappa shape index (κ3) is 4.81. The Morgan fingerprint density at radius 1 is 1.36 bits per heavy atom. The van der Waals surface area contributed by atoms with Gasteiger partial charge in [0.15, 0.2) is 5.78 Å². The summed E-state index contributed by atoms with van der Waals surface area (Å²) in [5.74, 6) is 0.372. The number of carbonyl (C=O) groups excluding carboxylic acids is 2. The van der Waals surface area contributed by atoms with Crippen LogP contribution in [-0.2, 0) is 19.1 Å². The summed E-state index contributed by atoms with van der Waals surface area (Å²) in [5, 5.41) is 2.63. The lowest BCUT2D eigenvalue weighted by Crippen LogP contribution is -2.65. The van der Waals surface area contributed by atoms with Gasteiger partial charge in [-0.2, -0.15) is 0 Å². The number of hydrogen-bond acceptors (Lipinski definition) is 4. The van der Waals surface area contributed by atoms with Crippen molar-refractivity contribution in [1.29, 1.82) is 0 Å². The molecule has 0 aromatic carbocycles. The van der Waals surface area contributed by atoms with Crippen molar-refractivity contribution in [1.82, 2.24) is 5.32 Å². The number of methoxy groups -OCH3 is 1. The minimum atomic E-state index is -0.0213. The van der Waals surface area contributed by atoms with Gasteiger partial charge in [0.2, 0.25) is 5.91 Å². The first-order valence-corrected chi connectivity index (χ1v) is 10.4. The fourth-order valence-electron chi connectivity index (χ4n) is 4.74. The molecule has 0 bridgehead atoms. The van der Waals surface area contributed by atoms with E-state index in [-0.39, 0.29) is 34.9 Å². The average Bonchev–Trinajstić information content (AvgIpc) is 2.98. The monoisotopic (exact) mass is 387 g/mol. The topological polar surface area (TPSA) is 64.6 Å². The molecule has 1 N–H and O–H groups in total. The summed E-state index contributed by atoms with van der Waals surface area (Å²) in [4.78, 5) is 23.4. The molecule has 3 rings (SSSR count). The van der Waals surface area contributed by atoms with Gasteiger partial charge >= 0.3 is 0 Å². The molecular weight excluding hydrogens is 354 g/mol. The zero-order chi connectivity index (χ0) is 20.2. The van der Waals surface area contributed by atoms with E-state index in [0.29, 0.717) is 6.42 Å². The second-order valence-electron chi connectivity index (χ2n) is 8.63. The minimum Gasteiger partial charge on any atom is -0.378 e. The van der Waals surface area contributed by atoms with Gasteiger partial charge in [0.05, 0.1) is 17.3 Å². The maximum atomic E-state index is 12.2. The van der Waals surface area contributed by atoms with Crippen LogP contribution in [0.4, 0.5) is 0 Å². The second kappa shape index (κ2) is 8.75. The molecule has 2 atom stereocenters. The number of ether oxygens (including phenoxy) is 2. The molecule has 154 valence electrons. The third-order valence-electron chi connectivity index (χ3n) is 6.28. The van der Waals surface area contributed by atoms with Crippen LogP contribution >= 0.6 is 0 Å². The summed E-state index contributed by atoms with van der Waals surface area (Å²) in [6.07, 6.45) is 17.2. The molecule has 3 aliphatic rings. The number of nitrogens with one attached hydrogen (secondary N) is 1. The number of hydrogen-bond donors (Lipinski definition) is 1. The molecule has 1 heterocycles. The van der Waals surface area contributed by atoms with Crippen LogP contribution < -0.4 is 5.32 Å². The lowest BCUT2D eigenvalue weighted by Gasteiger charge is -2.61. The Morgan fingerprint density at radius 3 is 2.79 bits per heavy atom. The van der Waals surface area contributed by atoms with Crippen LogP contribution in [0, 0.1) is 5.92 Å². The van der Waals surface area contributed by atoms with Crippen molar-refractivity contribution in [2.24, 2.45) is 5.92 Å². The predicted octanol–water partition coefficient (Wildman–Crippen LogP) is 3.65. The van der Waals surface area contributed by atoms with Gasteiger partial charge in [0, 0.05) is 51.3 Å². The summed E-state index contributed by atoms with van der Waals surface area (Å²) in [5.41, 5.74) is 0.907. The fraction of sp³-hybridized carbons (Fsp3) is 0.652. The van der Waals surface area contributed by atoms with E-state index < -0.39 is 0 Å². The summed E-state index contributed by atoms with van der Waals surface area (Å²) in [6.45, 7) is 2.14. The van der Waals surface area contributed by atoms with E-state index in [4.69, 9.17) is 9.47 Å². The first-order chi connectivity index (χ1) is 13.4. The lowest BCUT2D eigenvalue weighted by molar-refractivity contribution is -0.300. The number of allylic oxidation sites excluding steroid dienone is 5. The Bertz CT molecular complexity index is 677. The van der Waals surface area contributed by atoms with Crippen molar-refractivity contribution in [3.05, 3.63) is 36.0 Å². The van der Waals surface area contributed by atoms with Gasteiger partial charge in [-0.3, -0.25) is 9.59 Å². The number of carbonyl (C=O) groups is 2. The quantitative estimate of drug-likeness (QED) is 0.373. The second-order valence-corrected chi connectivity index (χ2v) is 8.63. The van der Waals surface area contributed by atoms with Crippen molar-refractivity contribution in [3.8, 4) is 0 Å². The number of ketones is 1. The minimum absolute atomic E-state index is 0.0213. The van der Waals surface area contributed by atoms with E-state index >= 15 is 0 Å². The highest BCUT2D eigenvalue weighted by molar-refractivity contribution is 6.07. The first-order valence-electron chi connectivity index (χ1n) is 10.4. The van der Waals surface area contributed by atoms with E-state index in [1.54, 1.807) is 20.2 Å². The number of amides is 1. The molecule has 1 saturated heterocycles. The van der Waals surface area contributed by atoms with E-state index in [1.807, 2.05) is 6.08 Å². The first kappa shape index (κ1) is 21.0. The molecule has 1 saturated carbocycles. The summed E-state index contributed by atoms with van der Waals surface area (Å²) in [7, 11) is 3.43. The Labute approximate surface area is 168 Å². The Kier molecular flexibility index (Phi) is 6.56. The average molecular weight is 388 g/mol. The maximum Gasteiger partial charge on any atom is 0.219 e. The molecule has 5 heteroatoms. The van der Waals surface area contributed by atoms with Gasteiger partial charge in [-0.05, 0) is 38.7 Å². The van der Waals surface area contributed by atoms with Gasteiger partial charge in [-0.1, -0.05) is 24.3 Å². The number of unbranched alkanes of at least 4 members (excludes halogenated alkanes) is 1. The zero-order valence-electron chi connectivity index (χ0n) is 17.3. The van der Waals surface area contributed by atoms with Gasteiger partial charge < -0.3 is 14.8 Å². The molecule has 0 radical (unpaired) electrons. The highest BCUT2D eigenvalue weighted by atomic mass is 16.6. The van der Waals surface area contributed by atoms with Crippen molar-refractivity contribution >= 4 is 11.7 Å². The van der Waals surface area contributed by atoms with Gasteiger partial charge in [-0.25, -0.2) is 0 Å². The van der Waals surface area contributed by atoms with Gasteiger partial charge in [0.25, 0.3) is 0 Å². The smallest absolute Gasteiger partial charge is 0.219 e. The molecular formula is C23H33NO4. The van der Waals surface area contributed by atoms with Crippen LogP contribution in [0.25, 0.3) is 0 Å². The van der Waals surface area contributed by atoms with Crippen LogP contribution in [0.1, 0.15) is 58.3 Å². The van der Waals surface area contributed by atoms with Crippen LogP contribution in [0.2, 0.25) is 0 Å². The lowest BCUT2D eigenvalue weighted by atomic mass is 9.62. The molecule has 1 amide bonds. The van der Waals surface area contributed by atoms with Gasteiger partial charge in [-0.15, -0.1) is 0 Å². The predicted molar refractivity (Wildman–Crippen MR) is 109 cm³/mol. The van der Waals surface area contributed by atoms with Crippen LogP contribution in [0.3, 0.4) is 0 Å². The van der Waals surface area contributed by atoms with Crippen molar-refractivity contribution < 1.29 is 19.1 Å². The third-order valence-corrected chi connectivity index (χ3v) is 6.28. The molecule has 0 aromatic rings. The molecule has 1 aliphatic heterocycles. The molecule has 5 nitrogen and oxygen atoms in total. The molecule has 28 heavy (non-hydrogen) atoms. The zero-order valence-corrected chi connectivity index (χ0v) is 17.3. The van der Waals surface area contributed by atoms with E-state index in [9.17, 15) is 9.59 Å². The van der Waals surface area contributed by atoms with Gasteiger partial charge in [0.1, 0.15) is 0 Å². The normalized spacial score (nSPS) is 35.5. The fourth-order valence-corrected chi connectivity index (χ4v) is 4.74. The molecule has 2 unspecified atom stereocenters. The Morgan fingerprint density at radius 2 is 2.11 bits per heavy atom. The standard InChI is InChI=1S/C23H33NO4/c1-22(27-3)15-23(16-22)14-18(28-23)11-12-19-17(10-13-20(19)25)8-6-4-5-7-9-21(26)24-2/h4,6,10,12-13,17-18H,5,7-9,11,14-16H2,1-3H3,(H,24,26)/b6-4-,19-12+. The molecule has 1 spiro atoms. The highest BCUT2D eigenvalue weighted by Crippen LogP contribution is 2.55. The van der Waals surface area contributed by atoms with Crippen molar-refractivity contribution in [2.75, 3.05) is 14.2 Å². The van der Waals surface area contributed by atoms with Crippen molar-refractivity contribution in [3.63, 3.8) is 0 Å². The van der Waals surface area contributed by atoms with E-state index in [2.05, 4.69) is 30.5 Å². The summed E-state index contributed by atoms with van der Waals surface area (Å²) >= 11 is 0. The van der Waals surface area contributed by atoms with Crippen LogP contribution in [0.5, 0.6) is 0 Å². The Hall–Kier alpha value is -1.72. The Balaban J connectivity index is 1.39. The van der Waals surface area contributed by atoms with E-state index in [0.717, 1.165) is 50.5 Å². The number of rotatable bonds is 9. The largest absolute Gasteiger partial charge is 0.378 e. The SMILES string of the molecule is CNC(=O)CCC/C=C\CC1C=CC(=O)/C1=C/CC1CC2(CC(C)(OC)C2)O1. The van der Waals surface area contributed by atoms with Crippen LogP contribution in [-0.4, -0.2) is 43.2 Å². The van der Waals surface area contributed by atoms with Crippen molar-refractivity contribution in [2.45, 2.75) is 75.6 Å². The molecule has 2 fully saturated rings. The van der Waals surface area contributed by atoms with E-state index in [1.165, 1.54) is 0 Å². The maximum absolute atomic E-state index is 12.2. The van der Waals surface area contributed by atoms with Crippen LogP contribution in [0.15, 0.2) is 36.0 Å². The highest BCUT2D eigenvalue weighted by Gasteiger charge is 2.59. The summed E-state index contributed by atoms with van der Waals surface area (Å²) < 4.78 is 11.7.